The lowest BCUT2D eigenvalue weighted by Crippen LogP contribution is -2.20. The second-order valence-corrected chi connectivity index (χ2v) is 3.82. The highest BCUT2D eigenvalue weighted by Crippen LogP contribution is 2.23. The number of hydrogen-bond donors (Lipinski definition) is 0. The maximum atomic E-state index is 11.4. The Morgan fingerprint density at radius 2 is 1.28 bits per heavy atom. The molecule has 0 aromatic rings. The third-order valence-electron chi connectivity index (χ3n) is 2.57. The van der Waals surface area contributed by atoms with Crippen molar-refractivity contribution in [2.75, 3.05) is 13.2 Å². The average Bonchev–Trinajstić information content (AvgIpc) is 2.34. The highest BCUT2D eigenvalue weighted by molar-refractivity contribution is 5.71. The molecule has 0 spiro atoms. The van der Waals surface area contributed by atoms with Crippen molar-refractivity contribution in [3.63, 3.8) is 0 Å². The largest absolute Gasteiger partial charge is 0.466 e. The molecular weight excluding hydrogens is 232 g/mol. The molecule has 102 valence electrons. The molecule has 0 aromatic carbocycles. The van der Waals surface area contributed by atoms with Crippen LogP contribution in [-0.4, -0.2) is 25.2 Å². The van der Waals surface area contributed by atoms with Gasteiger partial charge in [0.15, 0.2) is 0 Å². The fourth-order valence-corrected chi connectivity index (χ4v) is 1.64. The fraction of sp³-hybridized carbons (Fsp3) is 0.571. The van der Waals surface area contributed by atoms with Gasteiger partial charge in [0.2, 0.25) is 0 Å². The van der Waals surface area contributed by atoms with Gasteiger partial charge < -0.3 is 9.47 Å². The predicted molar refractivity (Wildman–Crippen MR) is 69.9 cm³/mol. The first-order valence-corrected chi connectivity index (χ1v) is 6.15. The Balaban J connectivity index is 4.47. The molecule has 0 aliphatic carbocycles. The summed E-state index contributed by atoms with van der Waals surface area (Å²) in [6.45, 7) is 11.6. The minimum atomic E-state index is -0.293. The lowest BCUT2D eigenvalue weighted by atomic mass is 9.87. The molecule has 0 aliphatic heterocycles. The Hall–Kier alpha value is -1.58. The van der Waals surface area contributed by atoms with E-state index in [1.807, 2.05) is 0 Å². The molecule has 2 atom stereocenters. The Kier molecular flexibility index (Phi) is 8.62. The Bertz CT molecular complexity index is 266. The smallest absolute Gasteiger partial charge is 0.306 e. The molecule has 0 radical (unpaired) electrons. The maximum Gasteiger partial charge on any atom is 0.306 e. The van der Waals surface area contributed by atoms with E-state index in [-0.39, 0.29) is 36.6 Å². The van der Waals surface area contributed by atoms with Crippen molar-refractivity contribution in [3.8, 4) is 0 Å². The summed E-state index contributed by atoms with van der Waals surface area (Å²) in [6.07, 6.45) is 3.71. The van der Waals surface area contributed by atoms with E-state index in [9.17, 15) is 9.59 Å². The van der Waals surface area contributed by atoms with E-state index in [4.69, 9.17) is 9.47 Å². The van der Waals surface area contributed by atoms with Gasteiger partial charge in [-0.25, -0.2) is 0 Å². The van der Waals surface area contributed by atoms with Crippen LogP contribution in [-0.2, 0) is 19.1 Å². The second kappa shape index (κ2) is 9.45. The molecule has 0 amide bonds. The quantitative estimate of drug-likeness (QED) is 0.468. The second-order valence-electron chi connectivity index (χ2n) is 3.82. The maximum absolute atomic E-state index is 11.4. The van der Waals surface area contributed by atoms with E-state index in [0.717, 1.165) is 0 Å². The van der Waals surface area contributed by atoms with E-state index >= 15 is 0 Å². The number of carbonyl (C=O) groups excluding carboxylic acids is 2. The summed E-state index contributed by atoms with van der Waals surface area (Å²) in [6, 6.07) is 0. The molecule has 0 rings (SSSR count). The third kappa shape index (κ3) is 6.23. The minimum absolute atomic E-state index is 0.161. The van der Waals surface area contributed by atoms with Crippen molar-refractivity contribution < 1.29 is 19.1 Å². The number of esters is 2. The van der Waals surface area contributed by atoms with Crippen LogP contribution in [0.1, 0.15) is 26.7 Å². The van der Waals surface area contributed by atoms with Crippen LogP contribution in [0.15, 0.2) is 25.3 Å². The molecular formula is C14H22O4. The first-order valence-electron chi connectivity index (χ1n) is 6.15. The van der Waals surface area contributed by atoms with Crippen molar-refractivity contribution in [3.05, 3.63) is 25.3 Å². The first kappa shape index (κ1) is 16.4. The predicted octanol–water partition coefficient (Wildman–Crippen LogP) is 2.50. The lowest BCUT2D eigenvalue weighted by molar-refractivity contribution is -0.147. The van der Waals surface area contributed by atoms with Crippen LogP contribution in [0.25, 0.3) is 0 Å². The van der Waals surface area contributed by atoms with Crippen molar-refractivity contribution in [2.24, 2.45) is 11.8 Å². The van der Waals surface area contributed by atoms with E-state index in [1.165, 1.54) is 0 Å². The molecule has 0 N–H and O–H groups in total. The van der Waals surface area contributed by atoms with Gasteiger partial charge in [-0.15, -0.1) is 13.2 Å². The van der Waals surface area contributed by atoms with E-state index in [1.54, 1.807) is 26.0 Å². The van der Waals surface area contributed by atoms with Gasteiger partial charge >= 0.3 is 11.9 Å². The van der Waals surface area contributed by atoms with Gasteiger partial charge in [-0.05, 0) is 25.7 Å². The van der Waals surface area contributed by atoms with Crippen LogP contribution in [0, 0.1) is 11.8 Å². The summed E-state index contributed by atoms with van der Waals surface area (Å²) in [5.74, 6) is -0.909. The minimum Gasteiger partial charge on any atom is -0.466 e. The molecule has 0 bridgehead atoms. The van der Waals surface area contributed by atoms with E-state index < -0.39 is 0 Å². The van der Waals surface area contributed by atoms with Crippen LogP contribution in [0.4, 0.5) is 0 Å². The zero-order valence-electron chi connectivity index (χ0n) is 11.2. The summed E-state index contributed by atoms with van der Waals surface area (Å²) in [5.41, 5.74) is 0. The van der Waals surface area contributed by atoms with Crippen LogP contribution in [0.5, 0.6) is 0 Å². The van der Waals surface area contributed by atoms with Crippen LogP contribution < -0.4 is 0 Å². The number of ether oxygens (including phenoxy) is 2. The SMILES string of the molecule is C=C[C@H](CC(=O)OCC)[C@H](C=C)CC(=O)OCC. The Labute approximate surface area is 109 Å². The van der Waals surface area contributed by atoms with Gasteiger partial charge in [0.1, 0.15) is 0 Å². The monoisotopic (exact) mass is 254 g/mol. The number of carbonyl (C=O) groups is 2. The molecule has 0 heterocycles. The van der Waals surface area contributed by atoms with Gasteiger partial charge in [0, 0.05) is 0 Å². The van der Waals surface area contributed by atoms with Crippen molar-refractivity contribution in [2.45, 2.75) is 26.7 Å². The number of allylic oxidation sites excluding steroid dienone is 2. The van der Waals surface area contributed by atoms with E-state index in [2.05, 4.69) is 13.2 Å². The third-order valence-corrected chi connectivity index (χ3v) is 2.57. The summed E-state index contributed by atoms with van der Waals surface area (Å²) < 4.78 is 9.77. The molecule has 18 heavy (non-hydrogen) atoms. The average molecular weight is 254 g/mol. The summed E-state index contributed by atoms with van der Waals surface area (Å²) >= 11 is 0. The van der Waals surface area contributed by atoms with Crippen molar-refractivity contribution >= 4 is 11.9 Å². The zero-order valence-corrected chi connectivity index (χ0v) is 11.2. The number of hydrogen-bond acceptors (Lipinski definition) is 4. The fourth-order valence-electron chi connectivity index (χ4n) is 1.64. The Morgan fingerprint density at radius 3 is 1.50 bits per heavy atom. The van der Waals surface area contributed by atoms with Gasteiger partial charge in [-0.1, -0.05) is 12.2 Å². The standard InChI is InChI=1S/C14H22O4/c1-5-11(9-13(15)17-7-3)12(6-2)10-14(16)18-8-4/h5-6,11-12H,1-2,7-10H2,3-4H3/t11-,12-/m1/s1. The highest BCUT2D eigenvalue weighted by atomic mass is 16.5. The zero-order chi connectivity index (χ0) is 14.0. The van der Waals surface area contributed by atoms with Crippen molar-refractivity contribution in [1.82, 2.24) is 0 Å². The van der Waals surface area contributed by atoms with Crippen LogP contribution in [0.2, 0.25) is 0 Å². The van der Waals surface area contributed by atoms with Gasteiger partial charge in [-0.3, -0.25) is 9.59 Å². The van der Waals surface area contributed by atoms with Gasteiger partial charge in [-0.2, -0.15) is 0 Å². The first-order chi connectivity index (χ1) is 8.58. The molecule has 4 nitrogen and oxygen atoms in total. The normalized spacial score (nSPS) is 13.2. The van der Waals surface area contributed by atoms with Crippen LogP contribution >= 0.6 is 0 Å². The Morgan fingerprint density at radius 1 is 0.944 bits per heavy atom. The molecule has 0 aliphatic rings. The molecule has 0 saturated carbocycles. The molecule has 0 aromatic heterocycles. The molecule has 0 fully saturated rings. The van der Waals surface area contributed by atoms with Crippen LogP contribution in [0.3, 0.4) is 0 Å². The van der Waals surface area contributed by atoms with Gasteiger partial charge in [0.05, 0.1) is 26.1 Å². The summed E-state index contributed by atoms with van der Waals surface area (Å²) in [5, 5.41) is 0. The molecule has 0 saturated heterocycles. The van der Waals surface area contributed by atoms with E-state index in [0.29, 0.717) is 13.2 Å². The van der Waals surface area contributed by atoms with Crippen molar-refractivity contribution in [1.29, 1.82) is 0 Å². The van der Waals surface area contributed by atoms with Gasteiger partial charge in [0.25, 0.3) is 0 Å². The molecule has 0 unspecified atom stereocenters. The summed E-state index contributed by atoms with van der Waals surface area (Å²) in [7, 11) is 0. The topological polar surface area (TPSA) is 52.6 Å². The molecule has 4 heteroatoms. The lowest BCUT2D eigenvalue weighted by Gasteiger charge is -2.19. The summed E-state index contributed by atoms with van der Waals surface area (Å²) in [4.78, 5) is 22.8. The number of rotatable bonds is 9. The highest BCUT2D eigenvalue weighted by Gasteiger charge is 2.22.